The Morgan fingerprint density at radius 1 is 1.38 bits per heavy atom. The number of benzene rings is 1. The van der Waals surface area contributed by atoms with Crippen molar-refractivity contribution in [3.63, 3.8) is 0 Å². The molecule has 2 heterocycles. The van der Waals surface area contributed by atoms with Crippen molar-refractivity contribution in [1.29, 1.82) is 0 Å². The number of hydrogen-bond acceptors (Lipinski definition) is 5. The van der Waals surface area contributed by atoms with E-state index in [2.05, 4.69) is 57.1 Å². The largest absolute Gasteiger partial charge is 0.443 e. The smallest absolute Gasteiger partial charge is 0.414 e. The quantitative estimate of drug-likeness (QED) is 0.670. The van der Waals surface area contributed by atoms with Gasteiger partial charge in [0.15, 0.2) is 0 Å². The van der Waals surface area contributed by atoms with Gasteiger partial charge in [0.2, 0.25) is 0 Å². The van der Waals surface area contributed by atoms with E-state index < -0.39 is 5.60 Å². The third-order valence-corrected chi connectivity index (χ3v) is 6.25. The first-order chi connectivity index (χ1) is 13.5. The molecule has 6 heteroatoms. The number of aromatic nitrogens is 1. The van der Waals surface area contributed by atoms with Gasteiger partial charge in [0.05, 0.1) is 20.9 Å². The van der Waals surface area contributed by atoms with Crippen LogP contribution in [0.25, 0.3) is 15.9 Å². The Balaban J connectivity index is 1.89. The molecule has 29 heavy (non-hydrogen) atoms. The van der Waals surface area contributed by atoms with E-state index in [1.54, 1.807) is 16.2 Å². The summed E-state index contributed by atoms with van der Waals surface area (Å²) in [6, 6.07) is 6.77. The molecule has 5 nitrogen and oxygen atoms in total. The highest BCUT2D eigenvalue weighted by Crippen LogP contribution is 2.32. The van der Waals surface area contributed by atoms with E-state index in [9.17, 15) is 4.79 Å². The predicted molar refractivity (Wildman–Crippen MR) is 121 cm³/mol. The molecule has 1 amide bonds. The Hall–Kier alpha value is -1.92. The second-order valence-corrected chi connectivity index (χ2v) is 10.4. The minimum Gasteiger partial charge on any atom is -0.443 e. The molecule has 1 aromatic carbocycles. The van der Waals surface area contributed by atoms with E-state index in [1.165, 1.54) is 4.70 Å². The lowest BCUT2D eigenvalue weighted by atomic mass is 9.98. The van der Waals surface area contributed by atoms with Crippen LogP contribution in [0.4, 0.5) is 4.79 Å². The van der Waals surface area contributed by atoms with Crippen LogP contribution in [0, 0.1) is 5.92 Å². The molecule has 0 spiro atoms. The number of ether oxygens (including phenoxy) is 1. The highest BCUT2D eigenvalue weighted by Gasteiger charge is 2.29. The van der Waals surface area contributed by atoms with Crippen molar-refractivity contribution in [3.05, 3.63) is 34.8 Å². The number of fused-ring (bicyclic) bond motifs is 1. The summed E-state index contributed by atoms with van der Waals surface area (Å²) >= 11 is 1.75. The van der Waals surface area contributed by atoms with Gasteiger partial charge >= 0.3 is 6.09 Å². The molecule has 0 radical (unpaired) electrons. The number of carbonyl (C=O) groups is 1. The van der Waals surface area contributed by atoms with E-state index >= 15 is 0 Å². The SMILES string of the molecule is CC1CC=C(c2ccc3sc(CC(C)N(C)C)nc3c2)N(C(=O)OC(C)(C)C)C1. The molecule has 0 saturated heterocycles. The number of allylic oxidation sites excluding steroid dienone is 1. The minimum absolute atomic E-state index is 0.283. The van der Waals surface area contributed by atoms with Crippen LogP contribution >= 0.6 is 11.3 Å². The monoisotopic (exact) mass is 415 g/mol. The maximum atomic E-state index is 12.8. The summed E-state index contributed by atoms with van der Waals surface area (Å²) in [5.74, 6) is 0.411. The second kappa shape index (κ2) is 8.44. The molecule has 0 aliphatic carbocycles. The number of amides is 1. The summed E-state index contributed by atoms with van der Waals surface area (Å²) < 4.78 is 6.85. The lowest BCUT2D eigenvalue weighted by molar-refractivity contribution is 0.0327. The standard InChI is InChI=1S/C23H33N3O2S/c1-15-8-10-19(26(14-15)22(27)28-23(3,4)5)17-9-11-20-18(13-17)24-21(29-20)12-16(2)25(6)7/h9-11,13,15-16H,8,12,14H2,1-7H3. The normalized spacial score (nSPS) is 18.8. The van der Waals surface area contributed by atoms with Gasteiger partial charge in [-0.05, 0) is 66.3 Å². The second-order valence-electron chi connectivity index (χ2n) is 9.33. The Labute approximate surface area is 178 Å². The van der Waals surface area contributed by atoms with Crippen molar-refractivity contribution in [1.82, 2.24) is 14.8 Å². The molecule has 0 saturated carbocycles. The molecule has 3 rings (SSSR count). The summed E-state index contributed by atoms with van der Waals surface area (Å²) in [5.41, 5.74) is 2.43. The van der Waals surface area contributed by atoms with Gasteiger partial charge in [-0.15, -0.1) is 11.3 Å². The van der Waals surface area contributed by atoms with Gasteiger partial charge in [0, 0.05) is 24.6 Å². The van der Waals surface area contributed by atoms with Crippen LogP contribution in [-0.4, -0.2) is 53.2 Å². The summed E-state index contributed by atoms with van der Waals surface area (Å²) in [7, 11) is 4.19. The lowest BCUT2D eigenvalue weighted by Gasteiger charge is -2.33. The number of rotatable bonds is 4. The first-order valence-electron chi connectivity index (χ1n) is 10.3. The summed E-state index contributed by atoms with van der Waals surface area (Å²) in [5, 5.41) is 1.15. The van der Waals surface area contributed by atoms with Crippen molar-refractivity contribution < 1.29 is 9.53 Å². The zero-order valence-corrected chi connectivity index (χ0v) is 19.5. The average molecular weight is 416 g/mol. The van der Waals surface area contributed by atoms with Crippen LogP contribution in [0.2, 0.25) is 0 Å². The van der Waals surface area contributed by atoms with Gasteiger partial charge in [-0.2, -0.15) is 0 Å². The predicted octanol–water partition coefficient (Wildman–Crippen LogP) is 5.41. The maximum absolute atomic E-state index is 12.8. The average Bonchev–Trinajstić information content (AvgIpc) is 3.01. The topological polar surface area (TPSA) is 45.7 Å². The Morgan fingerprint density at radius 3 is 2.76 bits per heavy atom. The lowest BCUT2D eigenvalue weighted by Crippen LogP contribution is -2.39. The number of hydrogen-bond donors (Lipinski definition) is 0. The van der Waals surface area contributed by atoms with Crippen LogP contribution in [0.5, 0.6) is 0 Å². The van der Waals surface area contributed by atoms with Gasteiger partial charge in [0.25, 0.3) is 0 Å². The maximum Gasteiger partial charge on any atom is 0.414 e. The number of nitrogens with zero attached hydrogens (tertiary/aromatic N) is 3. The van der Waals surface area contributed by atoms with E-state index in [4.69, 9.17) is 9.72 Å². The molecule has 0 bridgehead atoms. The molecule has 2 unspecified atom stereocenters. The minimum atomic E-state index is -0.514. The third-order valence-electron chi connectivity index (χ3n) is 5.19. The Morgan fingerprint density at radius 2 is 2.10 bits per heavy atom. The summed E-state index contributed by atoms with van der Waals surface area (Å²) in [4.78, 5) is 21.7. The number of thiazole rings is 1. The molecule has 2 atom stereocenters. The van der Waals surface area contributed by atoms with Gasteiger partial charge in [-0.1, -0.05) is 19.1 Å². The number of carbonyl (C=O) groups excluding carboxylic acids is 1. The van der Waals surface area contributed by atoms with Crippen LogP contribution < -0.4 is 0 Å². The first kappa shape index (κ1) is 21.8. The Kier molecular flexibility index (Phi) is 6.34. The Bertz CT molecular complexity index is 910. The van der Waals surface area contributed by atoms with Crippen LogP contribution in [0.3, 0.4) is 0 Å². The van der Waals surface area contributed by atoms with Crippen LogP contribution in [-0.2, 0) is 11.2 Å². The fraction of sp³-hybridized carbons (Fsp3) is 0.565. The molecule has 2 aromatic rings. The molecule has 158 valence electrons. The summed E-state index contributed by atoms with van der Waals surface area (Å²) in [6.07, 6.45) is 3.76. The third kappa shape index (κ3) is 5.37. The first-order valence-corrected chi connectivity index (χ1v) is 11.1. The van der Waals surface area contributed by atoms with Crippen molar-refractivity contribution >= 4 is 33.3 Å². The van der Waals surface area contributed by atoms with Crippen molar-refractivity contribution in [2.45, 2.75) is 59.1 Å². The highest BCUT2D eigenvalue weighted by molar-refractivity contribution is 7.18. The van der Waals surface area contributed by atoms with Gasteiger partial charge in [-0.25, -0.2) is 9.78 Å². The highest BCUT2D eigenvalue weighted by atomic mass is 32.1. The molecule has 1 aromatic heterocycles. The number of likely N-dealkylation sites (N-methyl/N-ethyl adjacent to an activating group) is 1. The van der Waals surface area contributed by atoms with Crippen LogP contribution in [0.1, 0.15) is 51.6 Å². The zero-order valence-electron chi connectivity index (χ0n) is 18.7. The molecular weight excluding hydrogens is 382 g/mol. The van der Waals surface area contributed by atoms with Crippen LogP contribution in [0.15, 0.2) is 24.3 Å². The van der Waals surface area contributed by atoms with E-state index in [-0.39, 0.29) is 6.09 Å². The van der Waals surface area contributed by atoms with Crippen molar-refractivity contribution in [2.24, 2.45) is 5.92 Å². The molecular formula is C23H33N3O2S. The molecule has 0 N–H and O–H groups in total. The van der Waals surface area contributed by atoms with Gasteiger partial charge in [0.1, 0.15) is 5.60 Å². The molecule has 1 aliphatic heterocycles. The van der Waals surface area contributed by atoms with Gasteiger partial charge < -0.3 is 9.64 Å². The molecule has 0 fully saturated rings. The van der Waals surface area contributed by atoms with Crippen molar-refractivity contribution in [3.8, 4) is 0 Å². The van der Waals surface area contributed by atoms with E-state index in [1.807, 2.05) is 20.8 Å². The van der Waals surface area contributed by atoms with Crippen molar-refractivity contribution in [2.75, 3.05) is 20.6 Å². The fourth-order valence-electron chi connectivity index (χ4n) is 3.33. The summed E-state index contributed by atoms with van der Waals surface area (Å²) in [6.45, 7) is 10.7. The van der Waals surface area contributed by atoms with E-state index in [0.717, 1.165) is 34.6 Å². The zero-order chi connectivity index (χ0) is 21.3. The van der Waals surface area contributed by atoms with E-state index in [0.29, 0.717) is 18.5 Å². The van der Waals surface area contributed by atoms with Gasteiger partial charge in [-0.3, -0.25) is 4.90 Å². The molecule has 1 aliphatic rings. The fourth-order valence-corrected chi connectivity index (χ4v) is 4.40.